The van der Waals surface area contributed by atoms with Crippen LogP contribution < -0.4 is 10.1 Å². The molecule has 1 aliphatic rings. The number of nitrogens with one attached hydrogen (secondary N) is 1. The molecule has 2 aromatic carbocycles. The van der Waals surface area contributed by atoms with E-state index >= 15 is 0 Å². The summed E-state index contributed by atoms with van der Waals surface area (Å²) in [5.41, 5.74) is 1.72. The molecule has 0 radical (unpaired) electrons. The first-order chi connectivity index (χ1) is 18.6. The highest BCUT2D eigenvalue weighted by atomic mass is 19.3. The molecule has 11 heteroatoms. The van der Waals surface area contributed by atoms with Crippen molar-refractivity contribution >= 4 is 28.9 Å². The van der Waals surface area contributed by atoms with Crippen molar-refractivity contribution in [2.24, 2.45) is 0 Å². The number of fused-ring (bicyclic) bond motifs is 2. The molecule has 0 spiro atoms. The second kappa shape index (κ2) is 9.83. The molecule has 0 saturated carbocycles. The summed E-state index contributed by atoms with van der Waals surface area (Å²) >= 11 is 0. The van der Waals surface area contributed by atoms with Gasteiger partial charge in [0.15, 0.2) is 17.6 Å². The lowest BCUT2D eigenvalue weighted by Crippen LogP contribution is -2.30. The largest absolute Gasteiger partial charge is 0.433 e. The fourth-order valence-electron chi connectivity index (χ4n) is 5.03. The van der Waals surface area contributed by atoms with Crippen LogP contribution in [0.4, 0.5) is 14.5 Å². The first-order valence-corrected chi connectivity index (χ1v) is 12.3. The summed E-state index contributed by atoms with van der Waals surface area (Å²) in [4.78, 5) is 35.4. The first kappa shape index (κ1) is 26.4. The van der Waals surface area contributed by atoms with Crippen molar-refractivity contribution in [1.82, 2.24) is 19.4 Å². The Morgan fingerprint density at radius 1 is 1.21 bits per heavy atom. The van der Waals surface area contributed by atoms with Gasteiger partial charge >= 0.3 is 6.61 Å². The van der Waals surface area contributed by atoms with E-state index in [1.807, 2.05) is 38.1 Å². The number of rotatable bonds is 8. The summed E-state index contributed by atoms with van der Waals surface area (Å²) in [7, 11) is 3.79. The van der Waals surface area contributed by atoms with Crippen molar-refractivity contribution in [1.29, 1.82) is 0 Å². The van der Waals surface area contributed by atoms with Gasteiger partial charge in [0.1, 0.15) is 17.2 Å². The van der Waals surface area contributed by atoms with E-state index in [1.165, 1.54) is 25.1 Å². The summed E-state index contributed by atoms with van der Waals surface area (Å²) in [5, 5.41) is 13.1. The molecule has 9 nitrogen and oxygen atoms in total. The number of aldehydes is 1. The predicted octanol–water partition coefficient (Wildman–Crippen LogP) is 4.67. The van der Waals surface area contributed by atoms with Crippen LogP contribution in [0, 0.1) is 0 Å². The number of hydrogen-bond donors (Lipinski definition) is 2. The van der Waals surface area contributed by atoms with Crippen molar-refractivity contribution in [2.45, 2.75) is 38.5 Å². The number of pyridine rings is 1. The average Bonchev–Trinajstić information content (AvgIpc) is 3.36. The Hall–Kier alpha value is -4.22. The van der Waals surface area contributed by atoms with Gasteiger partial charge in [-0.25, -0.2) is 4.98 Å². The molecule has 202 valence electrons. The maximum absolute atomic E-state index is 13.4. The number of halogens is 2. The number of imidazole rings is 1. The van der Waals surface area contributed by atoms with E-state index in [0.717, 1.165) is 0 Å². The third-order valence-electron chi connectivity index (χ3n) is 6.96. The molecule has 0 fully saturated rings. The average molecular weight is 536 g/mol. The summed E-state index contributed by atoms with van der Waals surface area (Å²) in [5.74, 6) is -0.164. The van der Waals surface area contributed by atoms with Crippen LogP contribution in [-0.4, -0.2) is 57.4 Å². The minimum Gasteiger partial charge on any atom is -0.433 e. The second-order valence-electron chi connectivity index (χ2n) is 9.73. The normalized spacial score (nSPS) is 17.5. The number of carbonyl (C=O) groups excluding carboxylic acids is 2. The van der Waals surface area contributed by atoms with Gasteiger partial charge in [-0.2, -0.15) is 8.78 Å². The molecule has 2 N–H and O–H groups in total. The summed E-state index contributed by atoms with van der Waals surface area (Å²) in [6.07, 6.45) is 2.81. The van der Waals surface area contributed by atoms with Gasteiger partial charge in [-0.3, -0.25) is 24.0 Å². The van der Waals surface area contributed by atoms with Crippen LogP contribution in [0.5, 0.6) is 5.75 Å². The fraction of sp³-hybridized carbons (Fsp3) is 0.286. The van der Waals surface area contributed by atoms with Crippen molar-refractivity contribution < 1.29 is 28.2 Å². The molecule has 0 aliphatic carbocycles. The quantitative estimate of drug-likeness (QED) is 0.316. The minimum atomic E-state index is -3.10. The molecule has 0 saturated heterocycles. The van der Waals surface area contributed by atoms with E-state index in [2.05, 4.69) is 10.3 Å². The van der Waals surface area contributed by atoms with Crippen LogP contribution in [0.1, 0.15) is 48.2 Å². The smallest absolute Gasteiger partial charge is 0.387 e. The van der Waals surface area contributed by atoms with E-state index in [4.69, 9.17) is 9.72 Å². The molecular formula is C28H27F2N5O4. The van der Waals surface area contributed by atoms with Crippen LogP contribution in [0.2, 0.25) is 0 Å². The third-order valence-corrected chi connectivity index (χ3v) is 6.96. The number of hydrogen-bond acceptors (Lipinski definition) is 7. The number of benzene rings is 2. The predicted molar refractivity (Wildman–Crippen MR) is 141 cm³/mol. The number of anilines is 1. The summed E-state index contributed by atoms with van der Waals surface area (Å²) < 4.78 is 33.4. The number of aromatic nitrogens is 3. The summed E-state index contributed by atoms with van der Waals surface area (Å²) in [6, 6.07) is 11.4. The van der Waals surface area contributed by atoms with E-state index in [9.17, 15) is 23.5 Å². The van der Waals surface area contributed by atoms with Crippen LogP contribution >= 0.6 is 0 Å². The van der Waals surface area contributed by atoms with Gasteiger partial charge in [0.25, 0.3) is 5.91 Å². The molecule has 0 bridgehead atoms. The van der Waals surface area contributed by atoms with Gasteiger partial charge in [0.05, 0.1) is 22.8 Å². The van der Waals surface area contributed by atoms with E-state index in [-0.39, 0.29) is 28.7 Å². The molecule has 2 atom stereocenters. The van der Waals surface area contributed by atoms with Crippen LogP contribution in [0.25, 0.3) is 27.8 Å². The number of alkyl halides is 2. The SMILES string of the molecule is CC[C@H](c1nc2ccc(-c3cnc4c(c3)NC(=O)C4(C)O)cc2n1-c1c(C=O)cccc1OC(F)F)N(C)C. The molecule has 1 aliphatic heterocycles. The number of aliphatic hydroxyl groups is 1. The fourth-order valence-corrected chi connectivity index (χ4v) is 5.03. The Bertz CT molecular complexity index is 1600. The third kappa shape index (κ3) is 4.43. The molecule has 39 heavy (non-hydrogen) atoms. The van der Waals surface area contributed by atoms with E-state index in [1.54, 1.807) is 22.9 Å². The molecule has 5 rings (SSSR count). The molecular weight excluding hydrogens is 508 g/mol. The van der Waals surface area contributed by atoms with Crippen LogP contribution in [0.3, 0.4) is 0 Å². The van der Waals surface area contributed by atoms with Gasteiger partial charge in [-0.05, 0) is 63.3 Å². The highest BCUT2D eigenvalue weighted by Gasteiger charge is 2.42. The lowest BCUT2D eigenvalue weighted by Gasteiger charge is -2.25. The van der Waals surface area contributed by atoms with Crippen molar-refractivity contribution in [3.8, 4) is 22.6 Å². The number of amides is 1. The van der Waals surface area contributed by atoms with Gasteiger partial charge < -0.3 is 15.2 Å². The van der Waals surface area contributed by atoms with Gasteiger partial charge in [0.2, 0.25) is 0 Å². The second-order valence-corrected chi connectivity index (χ2v) is 9.73. The lowest BCUT2D eigenvalue weighted by molar-refractivity contribution is -0.132. The summed E-state index contributed by atoms with van der Waals surface area (Å²) in [6.45, 7) is 0.271. The standard InChI is InChI=1S/C28H27F2N5O4/c1-5-20(34(3)4)25-32-18-10-9-15(17-11-19-24(31-13-17)28(2,38)26(37)33-19)12-21(18)35(25)23-16(14-36)7-6-8-22(23)39-27(29)30/h6-14,20,27,38H,5H2,1-4H3,(H,33,37)/t20-,28?/m1/s1. The minimum absolute atomic E-state index is 0.154. The van der Waals surface area contributed by atoms with Crippen LogP contribution in [0.15, 0.2) is 48.7 Å². The van der Waals surface area contributed by atoms with Crippen molar-refractivity contribution in [2.75, 3.05) is 19.4 Å². The van der Waals surface area contributed by atoms with Gasteiger partial charge in [0, 0.05) is 17.3 Å². The molecule has 4 aromatic rings. The van der Waals surface area contributed by atoms with Crippen molar-refractivity contribution in [3.63, 3.8) is 0 Å². The van der Waals surface area contributed by atoms with Crippen LogP contribution in [-0.2, 0) is 10.4 Å². The number of ether oxygens (including phenoxy) is 1. The highest BCUT2D eigenvalue weighted by Crippen LogP contribution is 2.39. The Morgan fingerprint density at radius 2 is 1.97 bits per heavy atom. The maximum Gasteiger partial charge on any atom is 0.387 e. The zero-order valence-electron chi connectivity index (χ0n) is 21.8. The number of nitrogens with zero attached hydrogens (tertiary/aromatic N) is 4. The zero-order chi connectivity index (χ0) is 28.1. The van der Waals surface area contributed by atoms with Gasteiger partial charge in [-0.15, -0.1) is 0 Å². The topological polar surface area (TPSA) is 110 Å². The Labute approximate surface area is 223 Å². The number of para-hydroxylation sites is 1. The highest BCUT2D eigenvalue weighted by molar-refractivity contribution is 6.04. The molecule has 1 amide bonds. The Kier molecular flexibility index (Phi) is 6.65. The molecule has 1 unspecified atom stereocenters. The van der Waals surface area contributed by atoms with E-state index in [0.29, 0.717) is 46.4 Å². The number of carbonyl (C=O) groups is 2. The first-order valence-electron chi connectivity index (χ1n) is 12.3. The van der Waals surface area contributed by atoms with Gasteiger partial charge in [-0.1, -0.05) is 19.1 Å². The molecule has 3 heterocycles. The zero-order valence-corrected chi connectivity index (χ0v) is 21.8. The molecule has 2 aromatic heterocycles. The van der Waals surface area contributed by atoms with E-state index < -0.39 is 18.1 Å². The monoisotopic (exact) mass is 535 g/mol. The maximum atomic E-state index is 13.4. The van der Waals surface area contributed by atoms with Crippen molar-refractivity contribution in [3.05, 3.63) is 65.7 Å². The Morgan fingerprint density at radius 3 is 2.64 bits per heavy atom. The Balaban J connectivity index is 1.77. The lowest BCUT2D eigenvalue weighted by atomic mass is 10.0.